The number of benzene rings is 1. The van der Waals surface area contributed by atoms with Crippen LogP contribution in [0.5, 0.6) is 11.5 Å². The molecule has 1 atom stereocenters. The number of aromatic amines is 1. The second-order valence-corrected chi connectivity index (χ2v) is 6.63. The Morgan fingerprint density at radius 2 is 2.12 bits per heavy atom. The summed E-state index contributed by atoms with van der Waals surface area (Å²) in [5.74, 6) is 1.58. The minimum atomic E-state index is 0.000714. The number of likely N-dealkylation sites (tertiary alicyclic amines) is 1. The Labute approximate surface area is 150 Å². The highest BCUT2D eigenvalue weighted by Gasteiger charge is 2.34. The zero-order chi connectivity index (χ0) is 17.5. The number of H-pyrrole nitrogens is 1. The van der Waals surface area contributed by atoms with Crippen molar-refractivity contribution in [2.45, 2.75) is 18.9 Å². The van der Waals surface area contributed by atoms with E-state index in [2.05, 4.69) is 9.97 Å². The van der Waals surface area contributed by atoms with Gasteiger partial charge >= 0.3 is 0 Å². The van der Waals surface area contributed by atoms with E-state index in [-0.39, 0.29) is 11.9 Å². The average molecular weight is 349 g/mol. The highest BCUT2D eigenvalue weighted by Crippen LogP contribution is 2.43. The zero-order valence-corrected chi connectivity index (χ0v) is 14.3. The lowest BCUT2D eigenvalue weighted by Gasteiger charge is -2.29. The molecule has 0 bridgehead atoms. The van der Waals surface area contributed by atoms with Gasteiger partial charge in [0.1, 0.15) is 18.9 Å². The van der Waals surface area contributed by atoms with Crippen LogP contribution in [0.3, 0.4) is 0 Å². The zero-order valence-electron chi connectivity index (χ0n) is 14.3. The molecule has 1 amide bonds. The molecule has 4 heterocycles. The third-order valence-electron chi connectivity index (χ3n) is 5.15. The molecule has 2 aromatic heterocycles. The molecular weight excluding hydrogens is 330 g/mol. The quantitative estimate of drug-likeness (QED) is 0.771. The Morgan fingerprint density at radius 3 is 3.08 bits per heavy atom. The molecule has 2 aliphatic rings. The number of hydrogen-bond donors (Lipinski definition) is 1. The van der Waals surface area contributed by atoms with Gasteiger partial charge in [-0.15, -0.1) is 0 Å². The van der Waals surface area contributed by atoms with E-state index in [0.717, 1.165) is 47.5 Å². The number of carbonyl (C=O) groups is 1. The van der Waals surface area contributed by atoms with Crippen LogP contribution in [-0.2, 0) is 0 Å². The molecule has 0 saturated carbocycles. The van der Waals surface area contributed by atoms with Gasteiger partial charge in [-0.25, -0.2) is 4.98 Å². The minimum absolute atomic E-state index is 0.000714. The molecule has 3 aromatic rings. The summed E-state index contributed by atoms with van der Waals surface area (Å²) in [5.41, 5.74) is 2.44. The van der Waals surface area contributed by atoms with Crippen LogP contribution >= 0.6 is 0 Å². The first-order chi connectivity index (χ1) is 12.8. The molecular formula is C20H19N3O3. The lowest BCUT2D eigenvalue weighted by molar-refractivity contribution is 0.0733. The average Bonchev–Trinajstić information content (AvgIpc) is 3.34. The van der Waals surface area contributed by atoms with Gasteiger partial charge < -0.3 is 19.4 Å². The summed E-state index contributed by atoms with van der Waals surface area (Å²) >= 11 is 0. The predicted octanol–water partition coefficient (Wildman–Crippen LogP) is 3.31. The molecule has 1 saturated heterocycles. The van der Waals surface area contributed by atoms with Gasteiger partial charge in [-0.2, -0.15) is 0 Å². The Morgan fingerprint density at radius 1 is 1.19 bits per heavy atom. The van der Waals surface area contributed by atoms with Crippen LogP contribution in [0.15, 0.2) is 42.7 Å². The van der Waals surface area contributed by atoms with Gasteiger partial charge in [0.05, 0.1) is 11.6 Å². The van der Waals surface area contributed by atoms with Gasteiger partial charge in [0.2, 0.25) is 0 Å². The number of fused-ring (bicyclic) bond motifs is 2. The van der Waals surface area contributed by atoms with Crippen LogP contribution in [0.1, 0.15) is 34.8 Å². The summed E-state index contributed by atoms with van der Waals surface area (Å²) in [6, 6.07) is 9.72. The predicted molar refractivity (Wildman–Crippen MR) is 96.5 cm³/mol. The number of pyridine rings is 1. The highest BCUT2D eigenvalue weighted by atomic mass is 16.6. The molecule has 0 spiro atoms. The van der Waals surface area contributed by atoms with Gasteiger partial charge in [-0.1, -0.05) is 12.1 Å². The van der Waals surface area contributed by atoms with Gasteiger partial charge in [0.15, 0.2) is 11.5 Å². The summed E-state index contributed by atoms with van der Waals surface area (Å²) in [6.07, 6.45) is 5.38. The number of aromatic nitrogens is 2. The fourth-order valence-corrected chi connectivity index (χ4v) is 3.98. The molecule has 6 nitrogen and oxygen atoms in total. The maximum Gasteiger partial charge on any atom is 0.256 e. The fraction of sp³-hybridized carbons (Fsp3) is 0.300. The third-order valence-corrected chi connectivity index (χ3v) is 5.15. The molecule has 1 aromatic carbocycles. The molecule has 2 aliphatic heterocycles. The van der Waals surface area contributed by atoms with Gasteiger partial charge in [0.25, 0.3) is 5.91 Å². The number of nitrogens with zero attached hydrogens (tertiary/aromatic N) is 2. The first kappa shape index (κ1) is 15.3. The van der Waals surface area contributed by atoms with Gasteiger partial charge in [-0.3, -0.25) is 4.79 Å². The summed E-state index contributed by atoms with van der Waals surface area (Å²) in [5, 5.41) is 0.859. The van der Waals surface area contributed by atoms with E-state index in [1.54, 1.807) is 12.4 Å². The SMILES string of the molecule is O=C(c1c[nH]c2ncccc12)N1CCC[C@@H]1c1cccc2c1OCCO2. The highest BCUT2D eigenvalue weighted by molar-refractivity contribution is 6.06. The number of ether oxygens (including phenoxy) is 2. The van der Waals surface area contributed by atoms with Crippen LogP contribution in [0.25, 0.3) is 11.0 Å². The lowest BCUT2D eigenvalue weighted by Crippen LogP contribution is -2.31. The molecule has 132 valence electrons. The number of rotatable bonds is 2. The van der Waals surface area contributed by atoms with Crippen molar-refractivity contribution in [1.82, 2.24) is 14.9 Å². The van der Waals surface area contributed by atoms with E-state index >= 15 is 0 Å². The molecule has 0 radical (unpaired) electrons. The van der Waals surface area contributed by atoms with E-state index in [1.807, 2.05) is 35.2 Å². The van der Waals surface area contributed by atoms with E-state index in [0.29, 0.717) is 18.8 Å². The topological polar surface area (TPSA) is 67.5 Å². The molecule has 1 fully saturated rings. The summed E-state index contributed by atoms with van der Waals surface area (Å²) < 4.78 is 11.6. The van der Waals surface area contributed by atoms with Crippen molar-refractivity contribution in [3.63, 3.8) is 0 Å². The van der Waals surface area contributed by atoms with Crippen molar-refractivity contribution < 1.29 is 14.3 Å². The van der Waals surface area contributed by atoms with Crippen molar-refractivity contribution in [2.75, 3.05) is 19.8 Å². The number of hydrogen-bond acceptors (Lipinski definition) is 4. The van der Waals surface area contributed by atoms with Gasteiger partial charge in [0, 0.05) is 29.9 Å². The summed E-state index contributed by atoms with van der Waals surface area (Å²) in [4.78, 5) is 22.6. The van der Waals surface area contributed by atoms with Crippen LogP contribution in [0.2, 0.25) is 0 Å². The standard InChI is InChI=1S/C20H19N3O3/c24-20(15-12-22-19-13(15)5-2-8-21-19)23-9-3-6-16(23)14-4-1-7-17-18(14)26-11-10-25-17/h1-2,4-5,7-8,12,16H,3,6,9-11H2,(H,21,22)/t16-/m1/s1. The third kappa shape index (κ3) is 2.33. The largest absolute Gasteiger partial charge is 0.486 e. The maximum atomic E-state index is 13.3. The second kappa shape index (κ2) is 6.05. The van der Waals surface area contributed by atoms with Crippen molar-refractivity contribution in [2.24, 2.45) is 0 Å². The fourth-order valence-electron chi connectivity index (χ4n) is 3.98. The Bertz CT molecular complexity index is 981. The number of nitrogens with one attached hydrogen (secondary N) is 1. The van der Waals surface area contributed by atoms with Crippen LogP contribution in [0, 0.1) is 0 Å². The van der Waals surface area contributed by atoms with Crippen LogP contribution in [-0.4, -0.2) is 40.5 Å². The van der Waals surface area contributed by atoms with E-state index in [4.69, 9.17) is 9.47 Å². The molecule has 1 N–H and O–H groups in total. The Hall–Kier alpha value is -3.02. The molecule has 6 heteroatoms. The smallest absolute Gasteiger partial charge is 0.256 e. The Kier molecular flexibility index (Phi) is 3.55. The Balaban J connectivity index is 1.53. The van der Waals surface area contributed by atoms with Crippen LogP contribution < -0.4 is 9.47 Å². The molecule has 26 heavy (non-hydrogen) atoms. The summed E-state index contributed by atoms with van der Waals surface area (Å²) in [6.45, 7) is 1.84. The van der Waals surface area contributed by atoms with Crippen LogP contribution in [0.4, 0.5) is 0 Å². The number of carbonyl (C=O) groups excluding carboxylic acids is 1. The van der Waals surface area contributed by atoms with E-state index in [1.165, 1.54) is 0 Å². The van der Waals surface area contributed by atoms with Crippen molar-refractivity contribution >= 4 is 16.9 Å². The normalized spacial score (nSPS) is 19.1. The molecule has 0 aliphatic carbocycles. The first-order valence-corrected chi connectivity index (χ1v) is 8.94. The van der Waals surface area contributed by atoms with Crippen molar-refractivity contribution in [3.05, 3.63) is 53.9 Å². The van der Waals surface area contributed by atoms with Gasteiger partial charge in [-0.05, 0) is 31.0 Å². The maximum absolute atomic E-state index is 13.3. The molecule has 5 rings (SSSR count). The summed E-state index contributed by atoms with van der Waals surface area (Å²) in [7, 11) is 0. The second-order valence-electron chi connectivity index (χ2n) is 6.63. The number of para-hydroxylation sites is 1. The first-order valence-electron chi connectivity index (χ1n) is 8.94. The number of amides is 1. The van der Waals surface area contributed by atoms with E-state index < -0.39 is 0 Å². The minimum Gasteiger partial charge on any atom is -0.486 e. The van der Waals surface area contributed by atoms with E-state index in [9.17, 15) is 4.79 Å². The monoisotopic (exact) mass is 349 g/mol. The van der Waals surface area contributed by atoms with Crippen molar-refractivity contribution in [3.8, 4) is 11.5 Å². The van der Waals surface area contributed by atoms with Crippen molar-refractivity contribution in [1.29, 1.82) is 0 Å². The lowest BCUT2D eigenvalue weighted by atomic mass is 10.0. The molecule has 0 unspecified atom stereocenters.